The second-order valence-electron chi connectivity index (χ2n) is 2.98. The highest BCUT2D eigenvalue weighted by Gasteiger charge is 1.98. The molecule has 0 unspecified atom stereocenters. The number of nitrogens with one attached hydrogen (secondary N) is 1. The van der Waals surface area contributed by atoms with Gasteiger partial charge in [-0.2, -0.15) is 0 Å². The summed E-state index contributed by atoms with van der Waals surface area (Å²) in [5.41, 5.74) is 0.941. The van der Waals surface area contributed by atoms with E-state index < -0.39 is 0 Å². The molecular formula is C10H11N2+. The molecule has 0 fully saturated rings. The van der Waals surface area contributed by atoms with E-state index in [-0.39, 0.29) is 0 Å². The standard InChI is InChI=1S/C10H10N2/c1-8-5-9-3-4-12(2)7-10(9)6-11-8/h3-7H,1H2,2H3/p+1. The summed E-state index contributed by atoms with van der Waals surface area (Å²) in [4.78, 5) is 0. The summed E-state index contributed by atoms with van der Waals surface area (Å²) in [6.07, 6.45) is 8.11. The zero-order chi connectivity index (χ0) is 8.55. The van der Waals surface area contributed by atoms with Crippen LogP contribution in [0.5, 0.6) is 0 Å². The molecule has 60 valence electrons. The third-order valence-corrected chi connectivity index (χ3v) is 1.91. The van der Waals surface area contributed by atoms with Gasteiger partial charge in [0.2, 0.25) is 0 Å². The minimum absolute atomic E-state index is 0.941. The molecule has 0 amide bonds. The first-order valence-electron chi connectivity index (χ1n) is 3.88. The first kappa shape index (κ1) is 7.10. The van der Waals surface area contributed by atoms with Gasteiger partial charge < -0.3 is 5.32 Å². The Kier molecular flexibility index (Phi) is 1.47. The summed E-state index contributed by atoms with van der Waals surface area (Å²) in [5, 5.41) is 5.50. The Morgan fingerprint density at radius 3 is 3.08 bits per heavy atom. The summed E-state index contributed by atoms with van der Waals surface area (Å²) in [6.45, 7) is 3.83. The molecule has 2 heteroatoms. The van der Waals surface area contributed by atoms with Crippen molar-refractivity contribution in [3.05, 3.63) is 41.2 Å². The molecule has 0 saturated heterocycles. The molecule has 0 saturated carbocycles. The van der Waals surface area contributed by atoms with Crippen LogP contribution in [0.3, 0.4) is 0 Å². The molecule has 1 aliphatic heterocycles. The Hall–Kier alpha value is -1.57. The quantitative estimate of drug-likeness (QED) is 0.487. The largest absolute Gasteiger partial charge is 0.361 e. The van der Waals surface area contributed by atoms with Crippen LogP contribution in [0.15, 0.2) is 30.7 Å². The second-order valence-corrected chi connectivity index (χ2v) is 2.98. The fourth-order valence-electron chi connectivity index (χ4n) is 1.28. The summed E-state index contributed by atoms with van der Waals surface area (Å²) in [7, 11) is 2.01. The van der Waals surface area contributed by atoms with Crippen LogP contribution >= 0.6 is 0 Å². The van der Waals surface area contributed by atoms with Crippen molar-refractivity contribution in [2.45, 2.75) is 0 Å². The van der Waals surface area contributed by atoms with Gasteiger partial charge in [0.25, 0.3) is 0 Å². The summed E-state index contributed by atoms with van der Waals surface area (Å²) >= 11 is 0. The number of pyridine rings is 1. The molecule has 1 aliphatic rings. The van der Waals surface area contributed by atoms with E-state index in [0.29, 0.717) is 0 Å². The molecule has 0 spiro atoms. The maximum atomic E-state index is 3.83. The van der Waals surface area contributed by atoms with Crippen LogP contribution < -0.4 is 20.3 Å². The average Bonchev–Trinajstić information content (AvgIpc) is 2.05. The average molecular weight is 159 g/mol. The van der Waals surface area contributed by atoms with Gasteiger partial charge >= 0.3 is 0 Å². The zero-order valence-electron chi connectivity index (χ0n) is 7.04. The molecule has 12 heavy (non-hydrogen) atoms. The number of allylic oxidation sites excluding steroid dienone is 1. The van der Waals surface area contributed by atoms with Crippen molar-refractivity contribution in [2.75, 3.05) is 0 Å². The summed E-state index contributed by atoms with van der Waals surface area (Å²) in [6, 6.07) is 2.08. The minimum atomic E-state index is 0.941. The number of nitrogens with zero attached hydrogens (tertiary/aromatic N) is 1. The normalized spacial score (nSPS) is 13.9. The van der Waals surface area contributed by atoms with Gasteiger partial charge in [0.1, 0.15) is 7.05 Å². The lowest BCUT2D eigenvalue weighted by Gasteiger charge is -2.03. The number of aryl methyl sites for hydroxylation is 1. The van der Waals surface area contributed by atoms with Gasteiger partial charge in [0.15, 0.2) is 12.4 Å². The van der Waals surface area contributed by atoms with Crippen LogP contribution in [-0.4, -0.2) is 0 Å². The van der Waals surface area contributed by atoms with E-state index in [2.05, 4.69) is 24.2 Å². The third-order valence-electron chi connectivity index (χ3n) is 1.91. The number of hydrogen-bond acceptors (Lipinski definition) is 1. The van der Waals surface area contributed by atoms with Crippen molar-refractivity contribution in [1.29, 1.82) is 0 Å². The van der Waals surface area contributed by atoms with Gasteiger partial charge in [0, 0.05) is 18.0 Å². The molecule has 0 radical (unpaired) electrons. The maximum absolute atomic E-state index is 3.83. The minimum Gasteiger partial charge on any atom is -0.361 e. The van der Waals surface area contributed by atoms with E-state index in [4.69, 9.17) is 0 Å². The van der Waals surface area contributed by atoms with Crippen molar-refractivity contribution in [1.82, 2.24) is 5.32 Å². The van der Waals surface area contributed by atoms with Crippen molar-refractivity contribution in [3.8, 4) is 0 Å². The van der Waals surface area contributed by atoms with Crippen LogP contribution in [-0.2, 0) is 7.05 Å². The molecule has 0 aliphatic carbocycles. The van der Waals surface area contributed by atoms with Gasteiger partial charge in [-0.3, -0.25) is 0 Å². The second kappa shape index (κ2) is 2.48. The molecule has 1 aromatic rings. The van der Waals surface area contributed by atoms with E-state index >= 15 is 0 Å². The lowest BCUT2D eigenvalue weighted by Crippen LogP contribution is -2.41. The molecule has 1 N–H and O–H groups in total. The van der Waals surface area contributed by atoms with Crippen molar-refractivity contribution in [2.24, 2.45) is 7.05 Å². The fraction of sp³-hybridized carbons (Fsp3) is 0.100. The molecule has 2 rings (SSSR count). The maximum Gasteiger partial charge on any atom is 0.177 e. The molecule has 2 heterocycles. The molecule has 0 bridgehead atoms. The highest BCUT2D eigenvalue weighted by Crippen LogP contribution is 1.86. The predicted molar refractivity (Wildman–Crippen MR) is 48.1 cm³/mol. The molecular weight excluding hydrogens is 148 g/mol. The van der Waals surface area contributed by atoms with Crippen molar-refractivity contribution in [3.63, 3.8) is 0 Å². The Morgan fingerprint density at radius 2 is 2.25 bits per heavy atom. The van der Waals surface area contributed by atoms with E-state index in [9.17, 15) is 0 Å². The van der Waals surface area contributed by atoms with Crippen LogP contribution in [0.2, 0.25) is 0 Å². The van der Waals surface area contributed by atoms with Crippen LogP contribution in [0.4, 0.5) is 0 Å². The molecule has 0 atom stereocenters. The first-order chi connectivity index (χ1) is 5.75. The first-order valence-corrected chi connectivity index (χ1v) is 3.88. The fourth-order valence-corrected chi connectivity index (χ4v) is 1.28. The van der Waals surface area contributed by atoms with Gasteiger partial charge in [-0.1, -0.05) is 6.58 Å². The number of aromatic nitrogens is 1. The number of hydrogen-bond donors (Lipinski definition) is 1. The predicted octanol–water partition coefficient (Wildman–Crippen LogP) is -0.853. The summed E-state index contributed by atoms with van der Waals surface area (Å²) in [5.74, 6) is 0. The highest BCUT2D eigenvalue weighted by molar-refractivity contribution is 5.51. The lowest BCUT2D eigenvalue weighted by atomic mass is 10.2. The monoisotopic (exact) mass is 159 g/mol. The smallest absolute Gasteiger partial charge is 0.177 e. The Morgan fingerprint density at radius 1 is 1.42 bits per heavy atom. The third kappa shape index (κ3) is 1.11. The van der Waals surface area contributed by atoms with Crippen LogP contribution in [0.25, 0.3) is 12.3 Å². The Bertz CT molecular complexity index is 443. The van der Waals surface area contributed by atoms with Gasteiger partial charge in [0.05, 0.1) is 5.22 Å². The SMILES string of the molecule is C=C1C=c2cc[n+](C)cc2=CN1. The van der Waals surface area contributed by atoms with E-state index in [1.165, 1.54) is 10.4 Å². The molecule has 2 nitrogen and oxygen atoms in total. The molecule has 1 aromatic heterocycles. The molecule has 0 aromatic carbocycles. The number of fused-ring (bicyclic) bond motifs is 1. The topological polar surface area (TPSA) is 15.9 Å². The van der Waals surface area contributed by atoms with Gasteiger partial charge in [-0.25, -0.2) is 4.57 Å². The van der Waals surface area contributed by atoms with Gasteiger partial charge in [-0.15, -0.1) is 0 Å². The Labute approximate surface area is 71.2 Å². The lowest BCUT2D eigenvalue weighted by molar-refractivity contribution is -0.672. The van der Waals surface area contributed by atoms with Crippen molar-refractivity contribution >= 4 is 12.3 Å². The number of rotatable bonds is 0. The zero-order valence-corrected chi connectivity index (χ0v) is 7.04. The highest BCUT2D eigenvalue weighted by atomic mass is 14.9. The Balaban J connectivity index is 2.79. The van der Waals surface area contributed by atoms with E-state index in [0.717, 1.165) is 5.70 Å². The van der Waals surface area contributed by atoms with Crippen molar-refractivity contribution < 1.29 is 4.57 Å². The van der Waals surface area contributed by atoms with Crippen LogP contribution in [0.1, 0.15) is 0 Å². The van der Waals surface area contributed by atoms with Crippen LogP contribution in [0, 0.1) is 0 Å². The van der Waals surface area contributed by atoms with E-state index in [1.54, 1.807) is 0 Å². The summed E-state index contributed by atoms with van der Waals surface area (Å²) < 4.78 is 2.03. The van der Waals surface area contributed by atoms with E-state index in [1.807, 2.05) is 30.1 Å². The van der Waals surface area contributed by atoms with Gasteiger partial charge in [-0.05, 0) is 11.3 Å².